The van der Waals surface area contributed by atoms with Gasteiger partial charge >= 0.3 is 0 Å². The fourth-order valence-electron chi connectivity index (χ4n) is 1.29. The van der Waals surface area contributed by atoms with Gasteiger partial charge in [-0.1, -0.05) is 0 Å². The second kappa shape index (κ2) is 3.15. The first kappa shape index (κ1) is 8.08. The second-order valence-corrected chi connectivity index (χ2v) is 4.69. The molecule has 3 heterocycles. The summed E-state index contributed by atoms with van der Waals surface area (Å²) in [5, 5.41) is 5.26. The number of thiophene rings is 1. The van der Waals surface area contributed by atoms with Crippen molar-refractivity contribution < 1.29 is 0 Å². The average molecular weight is 218 g/mol. The molecule has 14 heavy (non-hydrogen) atoms. The van der Waals surface area contributed by atoms with Crippen LogP contribution in [-0.2, 0) is 0 Å². The van der Waals surface area contributed by atoms with Crippen molar-refractivity contribution in [2.45, 2.75) is 0 Å². The van der Waals surface area contributed by atoms with E-state index in [1.54, 1.807) is 28.9 Å². The largest absolute Gasteiger partial charge is 0.262 e. The van der Waals surface area contributed by atoms with Gasteiger partial charge in [0.15, 0.2) is 0 Å². The number of fused-ring (bicyclic) bond motifs is 1. The number of hydrogen-bond donors (Lipinski definition) is 0. The van der Waals surface area contributed by atoms with Gasteiger partial charge in [-0.2, -0.15) is 11.3 Å². The van der Waals surface area contributed by atoms with Crippen LogP contribution in [0.25, 0.3) is 20.8 Å². The molecule has 0 spiro atoms. The normalized spacial score (nSPS) is 10.9. The van der Waals surface area contributed by atoms with Crippen molar-refractivity contribution in [3.8, 4) is 10.6 Å². The third kappa shape index (κ3) is 1.23. The van der Waals surface area contributed by atoms with Crippen LogP contribution in [0.15, 0.2) is 35.3 Å². The molecule has 0 aliphatic rings. The number of aromatic nitrogens is 2. The van der Waals surface area contributed by atoms with Crippen molar-refractivity contribution in [1.82, 2.24) is 9.97 Å². The molecule has 0 amide bonds. The third-order valence-corrected chi connectivity index (χ3v) is 3.73. The molecule has 0 saturated heterocycles. The van der Waals surface area contributed by atoms with Crippen molar-refractivity contribution in [3.63, 3.8) is 0 Å². The topological polar surface area (TPSA) is 25.8 Å². The van der Waals surface area contributed by atoms with Gasteiger partial charge in [0.05, 0.1) is 10.9 Å². The zero-order valence-corrected chi connectivity index (χ0v) is 8.81. The van der Waals surface area contributed by atoms with Gasteiger partial charge in [-0.15, -0.1) is 11.3 Å². The predicted octanol–water partition coefficient (Wildman–Crippen LogP) is 3.42. The van der Waals surface area contributed by atoms with E-state index >= 15 is 0 Å². The summed E-state index contributed by atoms with van der Waals surface area (Å²) in [6.07, 6.45) is 3.61. The van der Waals surface area contributed by atoms with E-state index < -0.39 is 0 Å². The Hall–Kier alpha value is -1.26. The monoisotopic (exact) mass is 218 g/mol. The number of hydrogen-bond acceptors (Lipinski definition) is 4. The number of rotatable bonds is 1. The van der Waals surface area contributed by atoms with Gasteiger partial charge in [-0.05, 0) is 17.5 Å². The lowest BCUT2D eigenvalue weighted by molar-refractivity contribution is 1.34. The first-order valence-electron chi connectivity index (χ1n) is 4.16. The Morgan fingerprint density at radius 2 is 2.21 bits per heavy atom. The van der Waals surface area contributed by atoms with Crippen molar-refractivity contribution in [3.05, 3.63) is 35.3 Å². The lowest BCUT2D eigenvalue weighted by Gasteiger charge is -1.84. The maximum atomic E-state index is 4.52. The Kier molecular flexibility index (Phi) is 1.82. The van der Waals surface area contributed by atoms with Crippen LogP contribution in [0.2, 0.25) is 0 Å². The van der Waals surface area contributed by atoms with Crippen LogP contribution in [0.4, 0.5) is 0 Å². The Morgan fingerprint density at radius 3 is 3.00 bits per heavy atom. The van der Waals surface area contributed by atoms with Crippen molar-refractivity contribution in [2.24, 2.45) is 0 Å². The van der Waals surface area contributed by atoms with Gasteiger partial charge in [0, 0.05) is 17.1 Å². The minimum absolute atomic E-state index is 0.985. The molecule has 0 aromatic carbocycles. The predicted molar refractivity (Wildman–Crippen MR) is 60.7 cm³/mol. The molecule has 0 fully saturated rings. The molecule has 0 bridgehead atoms. The van der Waals surface area contributed by atoms with Crippen molar-refractivity contribution >= 4 is 32.9 Å². The van der Waals surface area contributed by atoms with E-state index in [1.807, 2.05) is 12.3 Å². The minimum Gasteiger partial charge on any atom is -0.262 e. The number of nitrogens with zero attached hydrogens (tertiary/aromatic N) is 2. The highest BCUT2D eigenvalue weighted by Gasteiger charge is 2.05. The molecule has 3 aromatic rings. The SMILES string of the molecule is c1cc2sc(-c3ccsc3)nc2cn1. The Labute approximate surface area is 88.9 Å². The number of pyridine rings is 1. The first-order chi connectivity index (χ1) is 6.93. The fourth-order valence-corrected chi connectivity index (χ4v) is 2.93. The Morgan fingerprint density at radius 1 is 1.21 bits per heavy atom. The summed E-state index contributed by atoms with van der Waals surface area (Å²) in [5.41, 5.74) is 2.19. The minimum atomic E-state index is 0.985. The van der Waals surface area contributed by atoms with E-state index in [9.17, 15) is 0 Å². The molecule has 0 aliphatic heterocycles. The molecule has 0 atom stereocenters. The van der Waals surface area contributed by atoms with Crippen LogP contribution in [0, 0.1) is 0 Å². The highest BCUT2D eigenvalue weighted by Crippen LogP contribution is 2.30. The summed E-state index contributed by atoms with van der Waals surface area (Å²) in [6.45, 7) is 0. The van der Waals surface area contributed by atoms with E-state index in [2.05, 4.69) is 26.8 Å². The fraction of sp³-hybridized carbons (Fsp3) is 0. The molecule has 3 aromatic heterocycles. The van der Waals surface area contributed by atoms with Crippen LogP contribution in [0.1, 0.15) is 0 Å². The summed E-state index contributed by atoms with van der Waals surface area (Å²) < 4.78 is 1.20. The van der Waals surface area contributed by atoms with Gasteiger partial charge in [0.1, 0.15) is 10.5 Å². The summed E-state index contributed by atoms with van der Waals surface area (Å²) >= 11 is 3.41. The third-order valence-electron chi connectivity index (χ3n) is 1.96. The molecule has 0 unspecified atom stereocenters. The summed E-state index contributed by atoms with van der Waals surface area (Å²) in [6, 6.07) is 4.10. The molecule has 0 aliphatic carbocycles. The van der Waals surface area contributed by atoms with Crippen LogP contribution < -0.4 is 0 Å². The standard InChI is InChI=1S/C10H6N2S2/c1-3-11-5-8-9(1)14-10(12-8)7-2-4-13-6-7/h1-6H. The average Bonchev–Trinajstić information content (AvgIpc) is 2.86. The van der Waals surface area contributed by atoms with Gasteiger partial charge in [0.2, 0.25) is 0 Å². The molecule has 2 nitrogen and oxygen atoms in total. The summed E-state index contributed by atoms with van der Waals surface area (Å²) in [5.74, 6) is 0. The zero-order chi connectivity index (χ0) is 9.38. The maximum Gasteiger partial charge on any atom is 0.125 e. The summed E-state index contributed by atoms with van der Waals surface area (Å²) in [7, 11) is 0. The van der Waals surface area contributed by atoms with E-state index in [0.29, 0.717) is 0 Å². The van der Waals surface area contributed by atoms with Gasteiger partial charge in [0.25, 0.3) is 0 Å². The van der Waals surface area contributed by atoms with E-state index in [-0.39, 0.29) is 0 Å². The van der Waals surface area contributed by atoms with Crippen LogP contribution in [0.3, 0.4) is 0 Å². The van der Waals surface area contributed by atoms with Crippen molar-refractivity contribution in [2.75, 3.05) is 0 Å². The quantitative estimate of drug-likeness (QED) is 0.625. The van der Waals surface area contributed by atoms with Crippen molar-refractivity contribution in [1.29, 1.82) is 0 Å². The first-order valence-corrected chi connectivity index (χ1v) is 5.92. The lowest BCUT2D eigenvalue weighted by atomic mass is 10.4. The van der Waals surface area contributed by atoms with E-state index in [0.717, 1.165) is 10.5 Å². The molecule has 4 heteroatoms. The van der Waals surface area contributed by atoms with E-state index in [1.165, 1.54) is 10.3 Å². The Bertz CT molecular complexity index is 521. The van der Waals surface area contributed by atoms with Gasteiger partial charge < -0.3 is 0 Å². The zero-order valence-electron chi connectivity index (χ0n) is 7.18. The molecular formula is C10H6N2S2. The molecule has 0 saturated carbocycles. The highest BCUT2D eigenvalue weighted by atomic mass is 32.1. The van der Waals surface area contributed by atoms with Crippen LogP contribution in [0.5, 0.6) is 0 Å². The maximum absolute atomic E-state index is 4.52. The Balaban J connectivity index is 2.24. The van der Waals surface area contributed by atoms with E-state index in [4.69, 9.17) is 0 Å². The van der Waals surface area contributed by atoms with Gasteiger partial charge in [-0.25, -0.2) is 4.98 Å². The van der Waals surface area contributed by atoms with Gasteiger partial charge in [-0.3, -0.25) is 4.98 Å². The number of thiazole rings is 1. The summed E-state index contributed by atoms with van der Waals surface area (Å²) in [4.78, 5) is 8.57. The molecule has 0 N–H and O–H groups in total. The highest BCUT2D eigenvalue weighted by molar-refractivity contribution is 7.21. The van der Waals surface area contributed by atoms with Crippen LogP contribution in [-0.4, -0.2) is 9.97 Å². The molecule has 68 valence electrons. The van der Waals surface area contributed by atoms with Crippen LogP contribution >= 0.6 is 22.7 Å². The molecule has 3 rings (SSSR count). The molecular weight excluding hydrogens is 212 g/mol. The lowest BCUT2D eigenvalue weighted by Crippen LogP contribution is -1.71. The second-order valence-electron chi connectivity index (χ2n) is 2.87. The smallest absolute Gasteiger partial charge is 0.125 e. The molecule has 0 radical (unpaired) electrons.